The van der Waals surface area contributed by atoms with Gasteiger partial charge in [-0.2, -0.15) is 0 Å². The molecule has 2 N–H and O–H groups in total. The molecular weight excluding hydrogens is 582 g/mol. The Kier molecular flexibility index (Phi) is 6.38. The van der Waals surface area contributed by atoms with Crippen molar-refractivity contribution in [1.82, 2.24) is 9.13 Å². The second-order valence-electron chi connectivity index (χ2n) is 10.7. The summed E-state index contributed by atoms with van der Waals surface area (Å²) < 4.78 is 24.7. The SMILES string of the molecule is COc1cc(C2C3=C(C[C@@H](C)[C@]4(Oc5c(Cl)c(OC)cc(OC)c5C4=O)C3=O)Nc3c2c(=O)n(C)c(=O)n3C)ccc1O. The van der Waals surface area contributed by atoms with E-state index in [0.29, 0.717) is 11.3 Å². The molecule has 6 rings (SSSR count). The lowest BCUT2D eigenvalue weighted by atomic mass is 9.66. The lowest BCUT2D eigenvalue weighted by Crippen LogP contribution is -2.58. The first-order valence-electron chi connectivity index (χ1n) is 13.3. The van der Waals surface area contributed by atoms with Crippen LogP contribution in [0.3, 0.4) is 0 Å². The van der Waals surface area contributed by atoms with E-state index >= 15 is 0 Å². The van der Waals surface area contributed by atoms with Gasteiger partial charge < -0.3 is 29.4 Å². The number of hydrogen-bond acceptors (Lipinski definition) is 10. The van der Waals surface area contributed by atoms with Crippen LogP contribution in [0.1, 0.15) is 40.7 Å². The van der Waals surface area contributed by atoms with Gasteiger partial charge in [0.15, 0.2) is 17.2 Å². The third kappa shape index (κ3) is 3.62. The number of methoxy groups -OCH3 is 3. The molecule has 3 aromatic rings. The highest BCUT2D eigenvalue weighted by Crippen LogP contribution is 2.56. The highest BCUT2D eigenvalue weighted by Gasteiger charge is 2.63. The van der Waals surface area contributed by atoms with Gasteiger partial charge in [-0.3, -0.25) is 23.5 Å². The maximum Gasteiger partial charge on any atom is 0.332 e. The Hall–Kier alpha value is -4.71. The van der Waals surface area contributed by atoms with E-state index in [1.165, 1.54) is 58.2 Å². The third-order valence-corrected chi connectivity index (χ3v) is 8.97. The summed E-state index contributed by atoms with van der Waals surface area (Å²) in [6.45, 7) is 1.71. The number of anilines is 1. The number of benzene rings is 2. The van der Waals surface area contributed by atoms with Crippen molar-refractivity contribution < 1.29 is 33.6 Å². The van der Waals surface area contributed by atoms with Crippen molar-refractivity contribution in [2.45, 2.75) is 24.9 Å². The fraction of sp³-hybridized carbons (Fsp3) is 0.333. The number of aromatic nitrogens is 2. The van der Waals surface area contributed by atoms with Crippen LogP contribution >= 0.6 is 11.6 Å². The van der Waals surface area contributed by atoms with E-state index in [-0.39, 0.29) is 62.7 Å². The minimum absolute atomic E-state index is 0.0131. The Morgan fingerprint density at radius 2 is 1.65 bits per heavy atom. The molecule has 43 heavy (non-hydrogen) atoms. The number of hydrogen-bond donors (Lipinski definition) is 2. The fourth-order valence-corrected chi connectivity index (χ4v) is 6.66. The number of allylic oxidation sites excluding steroid dienone is 1. The molecule has 1 spiro atoms. The Morgan fingerprint density at radius 3 is 2.30 bits per heavy atom. The second kappa shape index (κ2) is 9.66. The predicted octanol–water partition coefficient (Wildman–Crippen LogP) is 2.90. The highest BCUT2D eigenvalue weighted by atomic mass is 35.5. The number of carbonyl (C=O) groups is 2. The summed E-state index contributed by atoms with van der Waals surface area (Å²) in [7, 11) is 7.02. The molecule has 1 aromatic heterocycles. The summed E-state index contributed by atoms with van der Waals surface area (Å²) in [5.41, 5.74) is -2.15. The van der Waals surface area contributed by atoms with Crippen molar-refractivity contribution in [2.75, 3.05) is 26.6 Å². The third-order valence-electron chi connectivity index (χ3n) is 8.61. The summed E-state index contributed by atoms with van der Waals surface area (Å²) in [5.74, 6) is -2.60. The summed E-state index contributed by atoms with van der Waals surface area (Å²) >= 11 is 6.59. The number of Topliss-reactive ketones (excluding diaryl/α,β-unsaturated/α-hetero) is 2. The summed E-state index contributed by atoms with van der Waals surface area (Å²) in [4.78, 5) is 55.9. The normalized spacial score (nSPS) is 22.0. The number of nitrogens with one attached hydrogen (secondary N) is 1. The summed E-state index contributed by atoms with van der Waals surface area (Å²) in [5, 5.41) is 13.5. The largest absolute Gasteiger partial charge is 0.504 e. The molecule has 0 fully saturated rings. The van der Waals surface area contributed by atoms with Crippen LogP contribution in [-0.2, 0) is 18.9 Å². The van der Waals surface area contributed by atoms with Gasteiger partial charge >= 0.3 is 5.69 Å². The van der Waals surface area contributed by atoms with Crippen LogP contribution in [-0.4, -0.2) is 52.7 Å². The lowest BCUT2D eigenvalue weighted by Gasteiger charge is -2.42. The summed E-state index contributed by atoms with van der Waals surface area (Å²) in [6.07, 6.45) is 0.145. The highest BCUT2D eigenvalue weighted by molar-refractivity contribution is 6.36. The molecular formula is C30H28ClN3O9. The first-order chi connectivity index (χ1) is 20.4. The van der Waals surface area contributed by atoms with Crippen molar-refractivity contribution in [3.05, 3.63) is 78.1 Å². The predicted molar refractivity (Wildman–Crippen MR) is 155 cm³/mol. The average Bonchev–Trinajstić information content (AvgIpc) is 3.32. The maximum atomic E-state index is 14.9. The molecule has 0 saturated carbocycles. The molecule has 0 amide bonds. The monoisotopic (exact) mass is 609 g/mol. The van der Waals surface area contributed by atoms with Crippen LogP contribution in [0.25, 0.3) is 0 Å². The second-order valence-corrected chi connectivity index (χ2v) is 11.1. The smallest absolute Gasteiger partial charge is 0.332 e. The Morgan fingerprint density at radius 1 is 0.977 bits per heavy atom. The van der Waals surface area contributed by atoms with E-state index in [9.17, 15) is 24.3 Å². The summed E-state index contributed by atoms with van der Waals surface area (Å²) in [6, 6.07) is 5.91. The first-order valence-corrected chi connectivity index (χ1v) is 13.7. The van der Waals surface area contributed by atoms with Crippen LogP contribution in [0.2, 0.25) is 5.02 Å². The molecule has 224 valence electrons. The zero-order valence-corrected chi connectivity index (χ0v) is 24.9. The van der Waals surface area contributed by atoms with Gasteiger partial charge in [0, 0.05) is 43.3 Å². The molecule has 0 bridgehead atoms. The lowest BCUT2D eigenvalue weighted by molar-refractivity contribution is -0.130. The molecule has 2 aliphatic heterocycles. The number of carbonyl (C=O) groups excluding carboxylic acids is 2. The molecule has 0 radical (unpaired) electrons. The number of phenols is 1. The Labute approximate surface area is 250 Å². The molecule has 1 aliphatic carbocycles. The Bertz CT molecular complexity index is 1930. The molecule has 3 atom stereocenters. The van der Waals surface area contributed by atoms with Gasteiger partial charge in [-0.1, -0.05) is 24.6 Å². The number of nitrogens with zero attached hydrogens (tertiary/aromatic N) is 2. The van der Waals surface area contributed by atoms with Gasteiger partial charge in [-0.05, 0) is 24.1 Å². The number of ketones is 2. The number of halogens is 1. The zero-order chi connectivity index (χ0) is 31.1. The van der Waals surface area contributed by atoms with Crippen LogP contribution in [0.15, 0.2) is 45.1 Å². The molecule has 12 nitrogen and oxygen atoms in total. The van der Waals surface area contributed by atoms with Crippen molar-refractivity contribution in [3.8, 4) is 28.7 Å². The van der Waals surface area contributed by atoms with Crippen LogP contribution in [0.5, 0.6) is 28.7 Å². The van der Waals surface area contributed by atoms with E-state index in [1.807, 2.05) is 0 Å². The Balaban J connectivity index is 1.63. The van der Waals surface area contributed by atoms with E-state index in [0.717, 1.165) is 4.57 Å². The number of phenolic OH excluding ortho intramolecular Hbond substituents is 1. The van der Waals surface area contributed by atoms with Gasteiger partial charge in [0.05, 0.1) is 26.9 Å². The fourth-order valence-electron chi connectivity index (χ4n) is 6.40. The standard InChI is InChI=1S/C30H28ClN3O9/c1-12-9-14-20(25(36)30(12)26(37)21-17(41-5)11-18(42-6)23(31)24(21)43-30)19(13-7-8-15(35)16(10-13)40-4)22-27(32-14)33(2)29(39)34(3)28(22)38/h7-8,10-12,19,32,35H,9H2,1-6H3/t12-,19?,30+/m1/s1. The van der Waals surface area contributed by atoms with Crippen LogP contribution in [0.4, 0.5) is 5.82 Å². The first kappa shape index (κ1) is 28.4. The topological polar surface area (TPSA) is 147 Å². The molecule has 0 saturated heterocycles. The van der Waals surface area contributed by atoms with E-state index in [1.54, 1.807) is 13.0 Å². The minimum Gasteiger partial charge on any atom is -0.504 e. The van der Waals surface area contributed by atoms with Gasteiger partial charge in [-0.15, -0.1) is 0 Å². The zero-order valence-electron chi connectivity index (χ0n) is 24.2. The van der Waals surface area contributed by atoms with Crippen molar-refractivity contribution in [2.24, 2.45) is 20.0 Å². The number of fused-ring (bicyclic) bond motifs is 2. The van der Waals surface area contributed by atoms with Crippen molar-refractivity contribution in [1.29, 1.82) is 0 Å². The maximum absolute atomic E-state index is 14.9. The molecule has 3 heterocycles. The van der Waals surface area contributed by atoms with Crippen molar-refractivity contribution >= 4 is 29.0 Å². The van der Waals surface area contributed by atoms with Gasteiger partial charge in [0.1, 0.15) is 27.9 Å². The molecule has 3 aliphatic rings. The number of aromatic hydroxyl groups is 1. The van der Waals surface area contributed by atoms with E-state index in [2.05, 4.69) is 5.32 Å². The quantitative estimate of drug-likeness (QED) is 0.423. The van der Waals surface area contributed by atoms with Gasteiger partial charge in [0.25, 0.3) is 5.56 Å². The number of ether oxygens (including phenoxy) is 4. The van der Waals surface area contributed by atoms with Gasteiger partial charge in [0.2, 0.25) is 17.2 Å². The number of rotatable bonds is 4. The molecule has 1 unspecified atom stereocenters. The average molecular weight is 610 g/mol. The van der Waals surface area contributed by atoms with E-state index in [4.69, 9.17) is 30.5 Å². The molecule has 2 aromatic carbocycles. The van der Waals surface area contributed by atoms with Crippen LogP contribution < -0.4 is 35.5 Å². The minimum atomic E-state index is -2.03. The van der Waals surface area contributed by atoms with Crippen molar-refractivity contribution in [3.63, 3.8) is 0 Å². The van der Waals surface area contributed by atoms with Gasteiger partial charge in [-0.25, -0.2) is 4.79 Å². The van der Waals surface area contributed by atoms with Crippen LogP contribution in [0, 0.1) is 5.92 Å². The van der Waals surface area contributed by atoms with E-state index < -0.39 is 40.3 Å². The molecule has 13 heteroatoms.